The number of Topliss-reactive ketones (excluding diaryl/α,β-unsaturated/α-hetero) is 1. The number of hydrogen-bond donors (Lipinski definition) is 0. The van der Waals surface area contributed by atoms with Crippen molar-refractivity contribution in [3.8, 4) is 0 Å². The molecule has 0 fully saturated rings. The number of carbonyl (C=O) groups excluding carboxylic acids is 1. The molecule has 1 aromatic heterocycles. The van der Waals surface area contributed by atoms with Crippen molar-refractivity contribution in [1.82, 2.24) is 4.98 Å². The normalized spacial score (nSPS) is 11.5. The molecule has 4 heteroatoms. The fraction of sp³-hybridized carbons (Fsp3) is 0.294. The quantitative estimate of drug-likeness (QED) is 0.640. The van der Waals surface area contributed by atoms with Crippen molar-refractivity contribution in [1.29, 1.82) is 0 Å². The lowest BCUT2D eigenvalue weighted by Gasteiger charge is -2.19. The lowest BCUT2D eigenvalue weighted by molar-refractivity contribution is 0.0987. The molecule has 0 saturated carbocycles. The molecule has 0 saturated heterocycles. The molecule has 2 rings (SSSR count). The lowest BCUT2D eigenvalue weighted by atomic mass is 9.86. The zero-order valence-corrected chi connectivity index (χ0v) is 15.5. The molecule has 0 aliphatic rings. The number of pyridine rings is 1. The summed E-state index contributed by atoms with van der Waals surface area (Å²) in [4.78, 5) is 16.5. The molecule has 110 valence electrons. The maximum atomic E-state index is 12.3. The van der Waals surface area contributed by atoms with E-state index < -0.39 is 0 Å². The van der Waals surface area contributed by atoms with E-state index in [1.54, 1.807) is 6.20 Å². The number of carbonyl (C=O) groups is 1. The first-order valence-corrected chi connectivity index (χ1v) is 8.29. The number of halogens is 2. The summed E-state index contributed by atoms with van der Waals surface area (Å²) in [7, 11) is 0. The average Bonchev–Trinajstić information content (AvgIpc) is 2.38. The zero-order chi connectivity index (χ0) is 15.6. The minimum atomic E-state index is 0.0119. The Kier molecular flexibility index (Phi) is 4.99. The number of hydrogen-bond acceptors (Lipinski definition) is 2. The fourth-order valence-electron chi connectivity index (χ4n) is 2.01. The molecule has 2 nitrogen and oxygen atoms in total. The highest BCUT2D eigenvalue weighted by Gasteiger charge is 2.15. The van der Waals surface area contributed by atoms with Crippen molar-refractivity contribution in [2.75, 3.05) is 0 Å². The van der Waals surface area contributed by atoms with Crippen LogP contribution in [0, 0.1) is 0 Å². The van der Waals surface area contributed by atoms with Gasteiger partial charge in [-0.2, -0.15) is 0 Å². The SMILES string of the molecule is CC(C)(C)c1ccc(CC(=O)c2ncc(Br)cc2Br)cc1. The molecule has 0 amide bonds. The van der Waals surface area contributed by atoms with E-state index in [0.717, 1.165) is 10.0 Å². The van der Waals surface area contributed by atoms with Crippen LogP contribution in [-0.4, -0.2) is 10.8 Å². The Morgan fingerprint density at radius 3 is 2.29 bits per heavy atom. The smallest absolute Gasteiger partial charge is 0.186 e. The first kappa shape index (κ1) is 16.4. The summed E-state index contributed by atoms with van der Waals surface area (Å²) in [6.45, 7) is 6.53. The van der Waals surface area contributed by atoms with Gasteiger partial charge in [0.25, 0.3) is 0 Å². The molecule has 0 N–H and O–H groups in total. The second-order valence-corrected chi connectivity index (χ2v) is 7.80. The second kappa shape index (κ2) is 6.41. The summed E-state index contributed by atoms with van der Waals surface area (Å²) in [6, 6.07) is 10.1. The maximum absolute atomic E-state index is 12.3. The Hall–Kier alpha value is -1.000. The van der Waals surface area contributed by atoms with Crippen molar-refractivity contribution < 1.29 is 4.79 Å². The predicted molar refractivity (Wildman–Crippen MR) is 92.8 cm³/mol. The molecule has 1 aromatic carbocycles. The monoisotopic (exact) mass is 409 g/mol. The molecule has 0 radical (unpaired) electrons. The van der Waals surface area contributed by atoms with Crippen LogP contribution in [0.3, 0.4) is 0 Å². The highest BCUT2D eigenvalue weighted by Crippen LogP contribution is 2.24. The van der Waals surface area contributed by atoms with Gasteiger partial charge in [-0.25, -0.2) is 0 Å². The van der Waals surface area contributed by atoms with Gasteiger partial charge in [-0.1, -0.05) is 45.0 Å². The van der Waals surface area contributed by atoms with E-state index in [-0.39, 0.29) is 11.2 Å². The molecular formula is C17H17Br2NO. The van der Waals surface area contributed by atoms with Gasteiger partial charge >= 0.3 is 0 Å². The fourth-order valence-corrected chi connectivity index (χ4v) is 3.22. The molecular weight excluding hydrogens is 394 g/mol. The van der Waals surface area contributed by atoms with Gasteiger partial charge in [0.1, 0.15) is 5.69 Å². The van der Waals surface area contributed by atoms with Crippen LogP contribution in [0.5, 0.6) is 0 Å². The van der Waals surface area contributed by atoms with Crippen molar-refractivity contribution in [3.05, 3.63) is 62.3 Å². The van der Waals surface area contributed by atoms with E-state index in [1.807, 2.05) is 18.2 Å². The average molecular weight is 411 g/mol. The molecule has 0 aliphatic carbocycles. The Morgan fingerprint density at radius 2 is 1.76 bits per heavy atom. The van der Waals surface area contributed by atoms with Crippen molar-refractivity contribution in [2.45, 2.75) is 32.6 Å². The Morgan fingerprint density at radius 1 is 1.14 bits per heavy atom. The highest BCUT2D eigenvalue weighted by molar-refractivity contribution is 9.11. The number of ketones is 1. The minimum absolute atomic E-state index is 0.0119. The molecule has 0 unspecified atom stereocenters. The zero-order valence-electron chi connectivity index (χ0n) is 12.3. The molecule has 0 aliphatic heterocycles. The van der Waals surface area contributed by atoms with Gasteiger partial charge in [0.2, 0.25) is 0 Å². The first-order valence-electron chi connectivity index (χ1n) is 6.71. The number of aromatic nitrogens is 1. The maximum Gasteiger partial charge on any atom is 0.186 e. The largest absolute Gasteiger partial charge is 0.292 e. The van der Waals surface area contributed by atoms with E-state index in [9.17, 15) is 4.79 Å². The van der Waals surface area contributed by atoms with E-state index in [0.29, 0.717) is 16.6 Å². The Labute approximate surface area is 142 Å². The van der Waals surface area contributed by atoms with Crippen LogP contribution in [0.25, 0.3) is 0 Å². The molecule has 0 atom stereocenters. The number of rotatable bonds is 3. The number of nitrogens with zero attached hydrogens (tertiary/aromatic N) is 1. The summed E-state index contributed by atoms with van der Waals surface area (Å²) in [5, 5.41) is 0. The van der Waals surface area contributed by atoms with E-state index >= 15 is 0 Å². The van der Waals surface area contributed by atoms with Gasteiger partial charge in [0, 0.05) is 21.6 Å². The molecule has 1 heterocycles. The van der Waals surface area contributed by atoms with E-state index in [4.69, 9.17) is 0 Å². The van der Waals surface area contributed by atoms with Crippen molar-refractivity contribution in [2.24, 2.45) is 0 Å². The van der Waals surface area contributed by atoms with Crippen LogP contribution in [0.2, 0.25) is 0 Å². The topological polar surface area (TPSA) is 30.0 Å². The molecule has 0 spiro atoms. The van der Waals surface area contributed by atoms with Gasteiger partial charge in [-0.15, -0.1) is 0 Å². The van der Waals surface area contributed by atoms with Crippen LogP contribution < -0.4 is 0 Å². The van der Waals surface area contributed by atoms with E-state index in [2.05, 4.69) is 69.7 Å². The third-order valence-electron chi connectivity index (χ3n) is 3.26. The minimum Gasteiger partial charge on any atom is -0.292 e. The Bertz CT molecular complexity index is 657. The standard InChI is InChI=1S/C17H17Br2NO/c1-17(2,3)12-6-4-11(5-7-12)8-15(21)16-14(19)9-13(18)10-20-16/h4-7,9-10H,8H2,1-3H3. The second-order valence-electron chi connectivity index (χ2n) is 6.03. The third kappa shape index (κ3) is 4.24. The highest BCUT2D eigenvalue weighted by atomic mass is 79.9. The Balaban J connectivity index is 2.16. The van der Waals surface area contributed by atoms with Gasteiger partial charge in [-0.3, -0.25) is 9.78 Å². The van der Waals surface area contributed by atoms with Crippen molar-refractivity contribution >= 4 is 37.6 Å². The van der Waals surface area contributed by atoms with Gasteiger partial charge in [-0.05, 0) is 54.5 Å². The summed E-state index contributed by atoms with van der Waals surface area (Å²) in [5.41, 5.74) is 2.86. The van der Waals surface area contributed by atoms with Crippen LogP contribution >= 0.6 is 31.9 Å². The summed E-state index contributed by atoms with van der Waals surface area (Å²) in [5.74, 6) is 0.0119. The van der Waals surface area contributed by atoms with Crippen LogP contribution in [0.1, 0.15) is 42.4 Å². The molecule has 21 heavy (non-hydrogen) atoms. The first-order chi connectivity index (χ1) is 9.77. The van der Waals surface area contributed by atoms with Crippen LogP contribution in [0.4, 0.5) is 0 Å². The van der Waals surface area contributed by atoms with Gasteiger partial charge in [0.15, 0.2) is 5.78 Å². The number of benzene rings is 1. The third-order valence-corrected chi connectivity index (χ3v) is 4.29. The predicted octanol–water partition coefficient (Wildman–Crippen LogP) is 5.33. The van der Waals surface area contributed by atoms with Crippen LogP contribution in [-0.2, 0) is 11.8 Å². The van der Waals surface area contributed by atoms with Gasteiger partial charge in [0.05, 0.1) is 0 Å². The van der Waals surface area contributed by atoms with Gasteiger partial charge < -0.3 is 0 Å². The molecule has 0 bridgehead atoms. The van der Waals surface area contributed by atoms with Crippen molar-refractivity contribution in [3.63, 3.8) is 0 Å². The summed E-state index contributed by atoms with van der Waals surface area (Å²) < 4.78 is 1.56. The lowest BCUT2D eigenvalue weighted by Crippen LogP contribution is -2.11. The molecule has 2 aromatic rings. The summed E-state index contributed by atoms with van der Waals surface area (Å²) >= 11 is 6.72. The van der Waals surface area contributed by atoms with Crippen LogP contribution in [0.15, 0.2) is 45.5 Å². The van der Waals surface area contributed by atoms with E-state index in [1.165, 1.54) is 5.56 Å². The summed E-state index contributed by atoms with van der Waals surface area (Å²) in [6.07, 6.45) is 2.00.